The molecule has 1 aromatic carbocycles. The number of benzene rings is 1. The van der Waals surface area contributed by atoms with E-state index in [1.807, 2.05) is 0 Å². The number of halogens is 3. The van der Waals surface area contributed by atoms with E-state index in [-0.39, 0.29) is 36.7 Å². The molecule has 0 spiro atoms. The van der Waals surface area contributed by atoms with E-state index < -0.39 is 28.1 Å². The Morgan fingerprint density at radius 2 is 1.83 bits per heavy atom. The Morgan fingerprint density at radius 1 is 1.17 bits per heavy atom. The maximum atomic E-state index is 12.8. The Bertz CT molecular complexity index is 1020. The number of nitrogens with one attached hydrogen (secondary N) is 1. The highest BCUT2D eigenvalue weighted by Crippen LogP contribution is 2.28. The van der Waals surface area contributed by atoms with Gasteiger partial charge in [0.05, 0.1) is 4.90 Å². The van der Waals surface area contributed by atoms with Gasteiger partial charge in [0.1, 0.15) is 11.6 Å². The van der Waals surface area contributed by atoms with Gasteiger partial charge in [0.25, 0.3) is 0 Å². The van der Waals surface area contributed by atoms with Crippen LogP contribution in [-0.4, -0.2) is 43.1 Å². The van der Waals surface area contributed by atoms with Crippen molar-refractivity contribution in [3.8, 4) is 5.75 Å². The highest BCUT2D eigenvalue weighted by molar-refractivity contribution is 7.89. The van der Waals surface area contributed by atoms with E-state index in [0.717, 1.165) is 22.1 Å². The molecule has 1 aromatic heterocycles. The van der Waals surface area contributed by atoms with Gasteiger partial charge in [-0.05, 0) is 44.0 Å². The highest BCUT2D eigenvalue weighted by Gasteiger charge is 2.34. The van der Waals surface area contributed by atoms with Crippen molar-refractivity contribution < 1.29 is 31.1 Å². The zero-order chi connectivity index (χ0) is 21.9. The summed E-state index contributed by atoms with van der Waals surface area (Å²) in [5.41, 5.74) is 0.755. The molecule has 2 aromatic rings. The fourth-order valence-corrected chi connectivity index (χ4v) is 4.69. The number of alkyl halides is 3. The fraction of sp³-hybridized carbons (Fsp3) is 0.368. The lowest BCUT2D eigenvalue weighted by Gasteiger charge is -2.30. The first kappa shape index (κ1) is 22.0. The molecule has 2 heterocycles. The molecule has 0 radical (unpaired) electrons. The van der Waals surface area contributed by atoms with Crippen molar-refractivity contribution in [1.29, 1.82) is 0 Å². The predicted molar refractivity (Wildman–Crippen MR) is 102 cm³/mol. The average molecular weight is 443 g/mol. The van der Waals surface area contributed by atoms with Crippen LogP contribution >= 0.6 is 0 Å². The van der Waals surface area contributed by atoms with Crippen molar-refractivity contribution in [1.82, 2.24) is 9.29 Å². The van der Waals surface area contributed by atoms with Gasteiger partial charge in [-0.15, -0.1) is 13.2 Å². The maximum absolute atomic E-state index is 12.8. The highest BCUT2D eigenvalue weighted by atomic mass is 32.2. The number of hydrogen-bond acceptors (Lipinski definition) is 5. The van der Waals surface area contributed by atoms with Crippen molar-refractivity contribution in [2.45, 2.75) is 31.0 Å². The summed E-state index contributed by atoms with van der Waals surface area (Å²) in [5, 5.41) is 2.73. The second kappa shape index (κ2) is 8.60. The smallest absolute Gasteiger partial charge is 0.406 e. The number of carbonyl (C=O) groups excluding carboxylic acids is 1. The molecule has 0 aliphatic carbocycles. The number of piperidine rings is 1. The summed E-state index contributed by atoms with van der Waals surface area (Å²) in [6, 6.07) is 9.50. The molecule has 1 amide bonds. The quantitative estimate of drug-likeness (QED) is 0.766. The molecule has 0 saturated carbocycles. The number of hydrogen-bond donors (Lipinski definition) is 1. The zero-order valence-corrected chi connectivity index (χ0v) is 16.8. The summed E-state index contributed by atoms with van der Waals surface area (Å²) in [7, 11) is -4.01. The molecule has 3 rings (SSSR count). The molecule has 30 heavy (non-hydrogen) atoms. The van der Waals surface area contributed by atoms with Crippen LogP contribution in [0.5, 0.6) is 5.75 Å². The number of anilines is 1. The summed E-state index contributed by atoms with van der Waals surface area (Å²) < 4.78 is 67.7. The van der Waals surface area contributed by atoms with Gasteiger partial charge < -0.3 is 10.1 Å². The second-order valence-electron chi connectivity index (χ2n) is 6.85. The summed E-state index contributed by atoms with van der Waals surface area (Å²) in [6.45, 7) is 1.95. The van der Waals surface area contributed by atoms with Gasteiger partial charge >= 0.3 is 6.36 Å². The van der Waals surface area contributed by atoms with Gasteiger partial charge in [-0.1, -0.05) is 12.1 Å². The van der Waals surface area contributed by atoms with Gasteiger partial charge in [0.2, 0.25) is 15.9 Å². The summed E-state index contributed by atoms with van der Waals surface area (Å²) in [4.78, 5) is 16.4. The molecule has 1 fully saturated rings. The lowest BCUT2D eigenvalue weighted by atomic mass is 9.97. The van der Waals surface area contributed by atoms with Crippen LogP contribution in [0.1, 0.15) is 18.5 Å². The first-order chi connectivity index (χ1) is 14.0. The van der Waals surface area contributed by atoms with Crippen molar-refractivity contribution in [3.05, 3.63) is 48.2 Å². The molecular formula is C19H20F3N3O4S. The van der Waals surface area contributed by atoms with Crippen LogP contribution in [0, 0.1) is 12.8 Å². The number of nitrogens with zero attached hydrogens (tertiary/aromatic N) is 2. The summed E-state index contributed by atoms with van der Waals surface area (Å²) in [6.07, 6.45) is -4.34. The van der Waals surface area contributed by atoms with Crippen LogP contribution in [0.4, 0.5) is 19.0 Å². The van der Waals surface area contributed by atoms with E-state index in [9.17, 15) is 26.4 Å². The molecule has 0 bridgehead atoms. The van der Waals surface area contributed by atoms with Crippen LogP contribution in [0.25, 0.3) is 0 Å². The van der Waals surface area contributed by atoms with Crippen LogP contribution < -0.4 is 10.1 Å². The van der Waals surface area contributed by atoms with E-state index in [1.54, 1.807) is 25.1 Å². The Labute approximate surface area is 171 Å². The molecular weight excluding hydrogens is 423 g/mol. The topological polar surface area (TPSA) is 88.6 Å². The molecule has 0 unspecified atom stereocenters. The van der Waals surface area contributed by atoms with Gasteiger partial charge in [-0.3, -0.25) is 4.79 Å². The maximum Gasteiger partial charge on any atom is 0.573 e. The van der Waals surface area contributed by atoms with Crippen LogP contribution in [-0.2, 0) is 14.8 Å². The molecule has 7 nitrogen and oxygen atoms in total. The van der Waals surface area contributed by atoms with Crippen molar-refractivity contribution >= 4 is 21.7 Å². The Hall–Kier alpha value is -2.66. The van der Waals surface area contributed by atoms with Crippen LogP contribution in [0.3, 0.4) is 0 Å². The minimum atomic E-state index is -4.92. The third-order valence-corrected chi connectivity index (χ3v) is 6.54. The number of carbonyl (C=O) groups is 1. The average Bonchev–Trinajstić information content (AvgIpc) is 2.67. The molecule has 1 aliphatic rings. The first-order valence-electron chi connectivity index (χ1n) is 9.15. The number of aryl methyl sites for hydroxylation is 1. The Balaban J connectivity index is 1.64. The number of pyridine rings is 1. The van der Waals surface area contributed by atoms with Crippen molar-refractivity contribution in [2.24, 2.45) is 5.92 Å². The number of sulfonamides is 1. The summed E-state index contributed by atoms with van der Waals surface area (Å²) in [5.74, 6) is -0.815. The van der Waals surface area contributed by atoms with E-state index in [2.05, 4.69) is 15.0 Å². The van der Waals surface area contributed by atoms with Gasteiger partial charge in [0.15, 0.2) is 0 Å². The molecule has 1 aliphatic heterocycles. The number of amides is 1. The van der Waals surface area contributed by atoms with Crippen molar-refractivity contribution in [2.75, 3.05) is 18.4 Å². The van der Waals surface area contributed by atoms with Crippen LogP contribution in [0.2, 0.25) is 0 Å². The minimum absolute atomic E-state index is 0.0754. The van der Waals surface area contributed by atoms with Crippen molar-refractivity contribution in [3.63, 3.8) is 0 Å². The molecule has 162 valence electrons. The molecule has 1 N–H and O–H groups in total. The zero-order valence-electron chi connectivity index (χ0n) is 16.0. The van der Waals surface area contributed by atoms with Crippen LogP contribution in [0.15, 0.2) is 47.4 Å². The third kappa shape index (κ3) is 5.48. The number of ether oxygens (including phenoxy) is 1. The standard InChI is InChI=1S/C19H20F3N3O4S/c1-13-4-2-7-17(23-13)24-18(26)14-8-10-25(11-9-14)30(27,28)16-6-3-5-15(12-16)29-19(20,21)22/h2-7,12,14H,8-11H2,1H3,(H,23,24,26). The second-order valence-corrected chi connectivity index (χ2v) is 8.79. The lowest BCUT2D eigenvalue weighted by molar-refractivity contribution is -0.274. The lowest BCUT2D eigenvalue weighted by Crippen LogP contribution is -2.41. The number of rotatable bonds is 5. The monoisotopic (exact) mass is 443 g/mol. The third-order valence-electron chi connectivity index (χ3n) is 4.64. The fourth-order valence-electron chi connectivity index (χ4n) is 3.18. The summed E-state index contributed by atoms with van der Waals surface area (Å²) >= 11 is 0. The van der Waals surface area contributed by atoms with E-state index >= 15 is 0 Å². The molecule has 11 heteroatoms. The normalized spacial score (nSPS) is 16.3. The Morgan fingerprint density at radius 3 is 2.47 bits per heavy atom. The largest absolute Gasteiger partial charge is 0.573 e. The van der Waals surface area contributed by atoms with Gasteiger partial charge in [0, 0.05) is 30.8 Å². The van der Waals surface area contributed by atoms with E-state index in [4.69, 9.17) is 0 Å². The molecule has 1 saturated heterocycles. The van der Waals surface area contributed by atoms with Gasteiger partial charge in [-0.25, -0.2) is 13.4 Å². The van der Waals surface area contributed by atoms with E-state index in [1.165, 1.54) is 12.1 Å². The number of aromatic nitrogens is 1. The minimum Gasteiger partial charge on any atom is -0.406 e. The Kier molecular flexibility index (Phi) is 6.32. The predicted octanol–water partition coefficient (Wildman–Crippen LogP) is 3.33. The van der Waals surface area contributed by atoms with E-state index in [0.29, 0.717) is 5.82 Å². The van der Waals surface area contributed by atoms with Gasteiger partial charge in [-0.2, -0.15) is 4.31 Å². The first-order valence-corrected chi connectivity index (χ1v) is 10.6. The molecule has 0 atom stereocenters. The SMILES string of the molecule is Cc1cccc(NC(=O)C2CCN(S(=O)(=O)c3cccc(OC(F)(F)F)c3)CC2)n1.